The Morgan fingerprint density at radius 1 is 1.36 bits per heavy atom. The van der Waals surface area contributed by atoms with Gasteiger partial charge in [-0.3, -0.25) is 4.98 Å². The molecular weight excluding hydrogens is 178 g/mol. The molecule has 0 unspecified atom stereocenters. The Morgan fingerprint density at radius 3 is 2.50 bits per heavy atom. The number of hydrogen-bond acceptors (Lipinski definition) is 4. The van der Waals surface area contributed by atoms with Crippen LogP contribution in [0.3, 0.4) is 0 Å². The number of aromatic nitrogens is 2. The van der Waals surface area contributed by atoms with Gasteiger partial charge in [0.1, 0.15) is 5.82 Å². The summed E-state index contributed by atoms with van der Waals surface area (Å²) in [7, 11) is 0. The van der Waals surface area contributed by atoms with Crippen molar-refractivity contribution in [1.82, 2.24) is 9.97 Å². The molecule has 14 heavy (non-hydrogen) atoms. The van der Waals surface area contributed by atoms with Gasteiger partial charge in [0.2, 0.25) is 0 Å². The third-order valence-electron chi connectivity index (χ3n) is 1.89. The average molecular weight is 195 g/mol. The Balaban J connectivity index is 2.65. The highest BCUT2D eigenvalue weighted by atomic mass is 16.3. The quantitative estimate of drug-likeness (QED) is 0.762. The molecule has 0 spiro atoms. The molecular formula is C10H17N3O. The normalized spacial score (nSPS) is 11.5. The van der Waals surface area contributed by atoms with E-state index in [0.717, 1.165) is 11.4 Å². The number of nitrogens with zero attached hydrogens (tertiary/aromatic N) is 2. The maximum atomic E-state index is 9.49. The van der Waals surface area contributed by atoms with Crippen molar-refractivity contribution in [3.63, 3.8) is 0 Å². The minimum atomic E-state index is -0.736. The fraction of sp³-hybridized carbons (Fsp3) is 0.600. The summed E-state index contributed by atoms with van der Waals surface area (Å²) in [6.07, 6.45) is 1.67. The highest BCUT2D eigenvalue weighted by molar-refractivity contribution is 5.33. The molecule has 0 aliphatic rings. The maximum absolute atomic E-state index is 9.49. The summed E-state index contributed by atoms with van der Waals surface area (Å²) in [5.74, 6) is 0.704. The number of aliphatic hydroxyl groups is 1. The SMILES string of the molecule is Cc1ncc(NCC(C)(C)O)nc1C. The maximum Gasteiger partial charge on any atom is 0.144 e. The van der Waals surface area contributed by atoms with E-state index < -0.39 is 5.60 Å². The van der Waals surface area contributed by atoms with Crippen molar-refractivity contribution in [2.45, 2.75) is 33.3 Å². The minimum absolute atomic E-state index is 0.462. The van der Waals surface area contributed by atoms with Crippen LogP contribution in [0.2, 0.25) is 0 Å². The molecule has 1 aromatic heterocycles. The lowest BCUT2D eigenvalue weighted by atomic mass is 10.1. The third kappa shape index (κ3) is 3.30. The lowest BCUT2D eigenvalue weighted by molar-refractivity contribution is 0.0944. The van der Waals surface area contributed by atoms with Gasteiger partial charge in [0.05, 0.1) is 23.2 Å². The molecule has 0 fully saturated rings. The van der Waals surface area contributed by atoms with Crippen LogP contribution in [0.1, 0.15) is 25.2 Å². The fourth-order valence-corrected chi connectivity index (χ4v) is 0.934. The topological polar surface area (TPSA) is 58.0 Å². The summed E-state index contributed by atoms with van der Waals surface area (Å²) < 4.78 is 0. The summed E-state index contributed by atoms with van der Waals surface area (Å²) in [6.45, 7) is 7.78. The number of rotatable bonds is 3. The van der Waals surface area contributed by atoms with E-state index in [2.05, 4.69) is 15.3 Å². The van der Waals surface area contributed by atoms with Gasteiger partial charge < -0.3 is 10.4 Å². The van der Waals surface area contributed by atoms with E-state index in [-0.39, 0.29) is 0 Å². The molecule has 1 aromatic rings. The molecule has 4 heteroatoms. The van der Waals surface area contributed by atoms with Gasteiger partial charge in [-0.25, -0.2) is 4.98 Å². The second-order valence-corrected chi connectivity index (χ2v) is 4.09. The molecule has 0 aliphatic heterocycles. The highest BCUT2D eigenvalue weighted by Crippen LogP contribution is 2.07. The Hall–Kier alpha value is -1.16. The number of nitrogens with one attached hydrogen (secondary N) is 1. The van der Waals surface area contributed by atoms with Crippen LogP contribution in [0.25, 0.3) is 0 Å². The summed E-state index contributed by atoms with van der Waals surface area (Å²) in [5, 5.41) is 12.5. The second kappa shape index (κ2) is 3.92. The zero-order valence-electron chi connectivity index (χ0n) is 9.13. The summed E-state index contributed by atoms with van der Waals surface area (Å²) >= 11 is 0. The molecule has 0 radical (unpaired) electrons. The van der Waals surface area contributed by atoms with Crippen LogP contribution >= 0.6 is 0 Å². The fourth-order valence-electron chi connectivity index (χ4n) is 0.934. The monoisotopic (exact) mass is 195 g/mol. The van der Waals surface area contributed by atoms with Crippen molar-refractivity contribution in [3.05, 3.63) is 17.6 Å². The van der Waals surface area contributed by atoms with Gasteiger partial charge in [0, 0.05) is 6.54 Å². The Morgan fingerprint density at radius 2 is 2.00 bits per heavy atom. The predicted octanol–water partition coefficient (Wildman–Crippen LogP) is 1.28. The van der Waals surface area contributed by atoms with Crippen LogP contribution in [0.15, 0.2) is 6.20 Å². The number of anilines is 1. The first-order chi connectivity index (χ1) is 6.38. The van der Waals surface area contributed by atoms with E-state index in [1.165, 1.54) is 0 Å². The van der Waals surface area contributed by atoms with Crippen molar-refractivity contribution < 1.29 is 5.11 Å². The van der Waals surface area contributed by atoms with Crippen molar-refractivity contribution in [2.24, 2.45) is 0 Å². The first-order valence-corrected chi connectivity index (χ1v) is 4.65. The predicted molar refractivity (Wildman–Crippen MR) is 56.3 cm³/mol. The molecule has 4 nitrogen and oxygen atoms in total. The zero-order valence-corrected chi connectivity index (χ0v) is 9.13. The standard InChI is InChI=1S/C10H17N3O/c1-7-8(2)13-9(5-11-7)12-6-10(3,4)14/h5,14H,6H2,1-4H3,(H,12,13). The third-order valence-corrected chi connectivity index (χ3v) is 1.89. The molecule has 0 saturated heterocycles. The number of hydrogen-bond donors (Lipinski definition) is 2. The van der Waals surface area contributed by atoms with E-state index in [1.807, 2.05) is 13.8 Å². The van der Waals surface area contributed by atoms with E-state index in [0.29, 0.717) is 12.4 Å². The van der Waals surface area contributed by atoms with Crippen LogP contribution in [-0.4, -0.2) is 27.2 Å². The van der Waals surface area contributed by atoms with Crippen LogP contribution in [0.5, 0.6) is 0 Å². The van der Waals surface area contributed by atoms with Crippen molar-refractivity contribution >= 4 is 5.82 Å². The van der Waals surface area contributed by atoms with Gasteiger partial charge in [-0.2, -0.15) is 0 Å². The van der Waals surface area contributed by atoms with E-state index >= 15 is 0 Å². The van der Waals surface area contributed by atoms with Gasteiger partial charge >= 0.3 is 0 Å². The van der Waals surface area contributed by atoms with Crippen molar-refractivity contribution in [1.29, 1.82) is 0 Å². The molecule has 1 rings (SSSR count). The molecule has 0 saturated carbocycles. The molecule has 0 amide bonds. The minimum Gasteiger partial charge on any atom is -0.389 e. The molecule has 0 atom stereocenters. The highest BCUT2D eigenvalue weighted by Gasteiger charge is 2.12. The van der Waals surface area contributed by atoms with Crippen LogP contribution in [-0.2, 0) is 0 Å². The Bertz CT molecular complexity index is 318. The van der Waals surface area contributed by atoms with Crippen LogP contribution < -0.4 is 5.32 Å². The van der Waals surface area contributed by atoms with E-state index in [4.69, 9.17) is 0 Å². The molecule has 2 N–H and O–H groups in total. The van der Waals surface area contributed by atoms with Gasteiger partial charge in [0.15, 0.2) is 0 Å². The molecule has 78 valence electrons. The Kier molecular flexibility index (Phi) is 3.06. The lowest BCUT2D eigenvalue weighted by Crippen LogP contribution is -2.29. The average Bonchev–Trinajstić information content (AvgIpc) is 2.06. The molecule has 0 aromatic carbocycles. The molecule has 1 heterocycles. The first kappa shape index (κ1) is 10.9. The zero-order chi connectivity index (χ0) is 10.8. The molecule has 0 bridgehead atoms. The van der Waals surface area contributed by atoms with Gasteiger partial charge in [-0.05, 0) is 27.7 Å². The van der Waals surface area contributed by atoms with Gasteiger partial charge in [0.25, 0.3) is 0 Å². The summed E-state index contributed by atoms with van der Waals surface area (Å²) in [6, 6.07) is 0. The summed E-state index contributed by atoms with van der Waals surface area (Å²) in [5.41, 5.74) is 1.10. The van der Waals surface area contributed by atoms with E-state index in [1.54, 1.807) is 20.0 Å². The Labute approximate surface area is 84.4 Å². The largest absolute Gasteiger partial charge is 0.389 e. The first-order valence-electron chi connectivity index (χ1n) is 4.65. The summed E-state index contributed by atoms with van der Waals surface area (Å²) in [4.78, 5) is 8.46. The smallest absolute Gasteiger partial charge is 0.144 e. The lowest BCUT2D eigenvalue weighted by Gasteiger charge is -2.18. The van der Waals surface area contributed by atoms with Gasteiger partial charge in [-0.1, -0.05) is 0 Å². The van der Waals surface area contributed by atoms with Crippen molar-refractivity contribution in [3.8, 4) is 0 Å². The van der Waals surface area contributed by atoms with Crippen LogP contribution in [0, 0.1) is 13.8 Å². The van der Waals surface area contributed by atoms with Gasteiger partial charge in [-0.15, -0.1) is 0 Å². The van der Waals surface area contributed by atoms with Crippen molar-refractivity contribution in [2.75, 3.05) is 11.9 Å². The second-order valence-electron chi connectivity index (χ2n) is 4.09. The van der Waals surface area contributed by atoms with E-state index in [9.17, 15) is 5.11 Å². The number of aryl methyl sites for hydroxylation is 2. The molecule has 0 aliphatic carbocycles. The van der Waals surface area contributed by atoms with Crippen LogP contribution in [0.4, 0.5) is 5.82 Å².